The summed E-state index contributed by atoms with van der Waals surface area (Å²) in [5.74, 6) is -0.0149. The van der Waals surface area contributed by atoms with Gasteiger partial charge >= 0.3 is 6.18 Å². The smallest absolute Gasteiger partial charge is 0.340 e. The summed E-state index contributed by atoms with van der Waals surface area (Å²) >= 11 is 0. The molecule has 7 heteroatoms. The third-order valence-electron chi connectivity index (χ3n) is 4.76. The number of halogens is 4. The summed E-state index contributed by atoms with van der Waals surface area (Å²) < 4.78 is 37.7. The summed E-state index contributed by atoms with van der Waals surface area (Å²) in [6, 6.07) is 5.42. The van der Waals surface area contributed by atoms with Gasteiger partial charge in [-0.1, -0.05) is 26.0 Å². The van der Waals surface area contributed by atoms with Crippen molar-refractivity contribution in [1.82, 2.24) is 9.80 Å². The third-order valence-corrected chi connectivity index (χ3v) is 4.76. The van der Waals surface area contributed by atoms with E-state index in [9.17, 15) is 18.0 Å². The fourth-order valence-electron chi connectivity index (χ4n) is 3.24. The van der Waals surface area contributed by atoms with E-state index in [-0.39, 0.29) is 24.7 Å². The summed E-state index contributed by atoms with van der Waals surface area (Å²) in [6.45, 7) is 7.47. The largest absolute Gasteiger partial charge is 0.416 e. The first kappa shape index (κ1) is 21.8. The Labute approximate surface area is 153 Å². The van der Waals surface area contributed by atoms with Crippen LogP contribution in [-0.2, 0) is 17.4 Å². The predicted molar refractivity (Wildman–Crippen MR) is 94.9 cm³/mol. The lowest BCUT2D eigenvalue weighted by Crippen LogP contribution is -2.52. The standard InChI is InChI=1S/C18H25F3N2O.ClH/c1-3-16(4-2)22-9-11-23(12-10-22)17(24)13-14-5-7-15(8-6-14)18(19,20)21;/h5-8,16H,3-4,9-13H2,1-2H3;1H. The summed E-state index contributed by atoms with van der Waals surface area (Å²) in [6.07, 6.45) is -1.97. The average Bonchev–Trinajstić information content (AvgIpc) is 2.56. The Kier molecular flexibility index (Phi) is 8.22. The number of amides is 1. The van der Waals surface area contributed by atoms with Crippen LogP contribution in [0.1, 0.15) is 37.8 Å². The maximum Gasteiger partial charge on any atom is 0.416 e. The highest BCUT2D eigenvalue weighted by Crippen LogP contribution is 2.29. The molecule has 3 nitrogen and oxygen atoms in total. The van der Waals surface area contributed by atoms with Gasteiger partial charge in [-0.15, -0.1) is 12.4 Å². The van der Waals surface area contributed by atoms with Crippen molar-refractivity contribution in [2.24, 2.45) is 0 Å². The molecule has 0 atom stereocenters. The van der Waals surface area contributed by atoms with Crippen molar-refractivity contribution in [3.05, 3.63) is 35.4 Å². The molecule has 0 bridgehead atoms. The van der Waals surface area contributed by atoms with Crippen molar-refractivity contribution >= 4 is 18.3 Å². The first-order chi connectivity index (χ1) is 11.3. The van der Waals surface area contributed by atoms with Gasteiger partial charge < -0.3 is 4.90 Å². The quantitative estimate of drug-likeness (QED) is 0.773. The number of piperazine rings is 1. The number of hydrogen-bond acceptors (Lipinski definition) is 2. The Morgan fingerprint density at radius 1 is 1.04 bits per heavy atom. The molecule has 0 aliphatic carbocycles. The minimum Gasteiger partial charge on any atom is -0.340 e. The number of nitrogens with zero attached hydrogens (tertiary/aromatic N) is 2. The summed E-state index contributed by atoms with van der Waals surface area (Å²) in [7, 11) is 0. The molecule has 1 aromatic rings. The van der Waals surface area contributed by atoms with Crippen molar-refractivity contribution in [1.29, 1.82) is 0 Å². The molecule has 1 aliphatic rings. The monoisotopic (exact) mass is 378 g/mol. The van der Waals surface area contributed by atoms with Gasteiger partial charge in [-0.05, 0) is 30.5 Å². The highest BCUT2D eigenvalue weighted by Gasteiger charge is 2.30. The second-order valence-electron chi connectivity index (χ2n) is 6.26. The van der Waals surface area contributed by atoms with Gasteiger partial charge in [-0.3, -0.25) is 9.69 Å². The van der Waals surface area contributed by atoms with Gasteiger partial charge in [0, 0.05) is 32.2 Å². The number of benzene rings is 1. The van der Waals surface area contributed by atoms with Crippen LogP contribution in [0.5, 0.6) is 0 Å². The Hall–Kier alpha value is -1.27. The molecule has 0 aromatic heterocycles. The molecular formula is C18H26ClF3N2O. The Morgan fingerprint density at radius 2 is 1.56 bits per heavy atom. The number of carbonyl (C=O) groups excluding carboxylic acids is 1. The van der Waals surface area contributed by atoms with E-state index in [2.05, 4.69) is 18.7 Å². The lowest BCUT2D eigenvalue weighted by Gasteiger charge is -2.39. The van der Waals surface area contributed by atoms with Gasteiger partial charge in [0.2, 0.25) is 5.91 Å². The molecule has 1 aliphatic heterocycles. The molecule has 0 radical (unpaired) electrons. The first-order valence-corrected chi connectivity index (χ1v) is 8.53. The van der Waals surface area contributed by atoms with Crippen molar-refractivity contribution in [2.75, 3.05) is 26.2 Å². The van der Waals surface area contributed by atoms with Crippen LogP contribution in [-0.4, -0.2) is 47.9 Å². The van der Waals surface area contributed by atoms with Crippen molar-refractivity contribution in [3.8, 4) is 0 Å². The van der Waals surface area contributed by atoms with Gasteiger partial charge in [0.25, 0.3) is 0 Å². The van der Waals surface area contributed by atoms with E-state index >= 15 is 0 Å². The first-order valence-electron chi connectivity index (χ1n) is 8.53. The zero-order valence-corrected chi connectivity index (χ0v) is 15.5. The molecule has 0 saturated carbocycles. The lowest BCUT2D eigenvalue weighted by atomic mass is 10.1. The molecule has 1 saturated heterocycles. The molecule has 1 heterocycles. The minimum atomic E-state index is -4.34. The van der Waals surface area contributed by atoms with Crippen LogP contribution in [0.25, 0.3) is 0 Å². The zero-order valence-electron chi connectivity index (χ0n) is 14.7. The topological polar surface area (TPSA) is 23.6 Å². The van der Waals surface area contributed by atoms with E-state index in [1.165, 1.54) is 12.1 Å². The van der Waals surface area contributed by atoms with Crippen molar-refractivity contribution < 1.29 is 18.0 Å². The van der Waals surface area contributed by atoms with E-state index in [1.807, 2.05) is 4.90 Å². The van der Waals surface area contributed by atoms with Gasteiger partial charge in [-0.25, -0.2) is 0 Å². The predicted octanol–water partition coefficient (Wildman–Crippen LogP) is 4.00. The van der Waals surface area contributed by atoms with Crippen LogP contribution in [0, 0.1) is 0 Å². The summed E-state index contributed by atoms with van der Waals surface area (Å²) in [5.41, 5.74) is -0.0621. The van der Waals surface area contributed by atoms with Crippen molar-refractivity contribution in [3.63, 3.8) is 0 Å². The SMILES string of the molecule is CCC(CC)N1CCN(C(=O)Cc2ccc(C(F)(F)F)cc2)CC1.Cl. The second-order valence-corrected chi connectivity index (χ2v) is 6.26. The van der Waals surface area contributed by atoms with Gasteiger partial charge in [0.15, 0.2) is 0 Å². The highest BCUT2D eigenvalue weighted by molar-refractivity contribution is 5.85. The van der Waals surface area contributed by atoms with E-state index in [0.29, 0.717) is 24.7 Å². The van der Waals surface area contributed by atoms with Gasteiger partial charge in [0.1, 0.15) is 0 Å². The molecule has 25 heavy (non-hydrogen) atoms. The highest BCUT2D eigenvalue weighted by atomic mass is 35.5. The normalized spacial score (nSPS) is 16.0. The van der Waals surface area contributed by atoms with Crippen LogP contribution < -0.4 is 0 Å². The number of hydrogen-bond donors (Lipinski definition) is 0. The fourth-order valence-corrected chi connectivity index (χ4v) is 3.24. The molecule has 0 N–H and O–H groups in total. The van der Waals surface area contributed by atoms with E-state index in [0.717, 1.165) is 38.1 Å². The number of alkyl halides is 3. The number of rotatable bonds is 5. The summed E-state index contributed by atoms with van der Waals surface area (Å²) in [4.78, 5) is 16.6. The van der Waals surface area contributed by atoms with Crippen LogP contribution in [0.2, 0.25) is 0 Å². The van der Waals surface area contributed by atoms with Crippen LogP contribution in [0.15, 0.2) is 24.3 Å². The molecular weight excluding hydrogens is 353 g/mol. The van der Waals surface area contributed by atoms with E-state index in [1.54, 1.807) is 0 Å². The van der Waals surface area contributed by atoms with E-state index < -0.39 is 11.7 Å². The summed E-state index contributed by atoms with van der Waals surface area (Å²) in [5, 5.41) is 0. The zero-order chi connectivity index (χ0) is 17.7. The molecule has 0 spiro atoms. The average molecular weight is 379 g/mol. The van der Waals surface area contributed by atoms with Crippen LogP contribution in [0.4, 0.5) is 13.2 Å². The second kappa shape index (κ2) is 9.43. The Balaban J connectivity index is 0.00000312. The van der Waals surface area contributed by atoms with Gasteiger partial charge in [0.05, 0.1) is 12.0 Å². The lowest BCUT2D eigenvalue weighted by molar-refractivity contribution is -0.137. The molecule has 2 rings (SSSR count). The minimum absolute atomic E-state index is 0. The molecule has 1 aromatic carbocycles. The molecule has 142 valence electrons. The van der Waals surface area contributed by atoms with Crippen molar-refractivity contribution in [2.45, 2.75) is 45.3 Å². The van der Waals surface area contributed by atoms with Crippen LogP contribution >= 0.6 is 12.4 Å². The van der Waals surface area contributed by atoms with Crippen LogP contribution in [0.3, 0.4) is 0 Å². The molecule has 0 unspecified atom stereocenters. The maximum atomic E-state index is 12.6. The van der Waals surface area contributed by atoms with E-state index in [4.69, 9.17) is 0 Å². The third kappa shape index (κ3) is 5.89. The number of carbonyl (C=O) groups is 1. The maximum absolute atomic E-state index is 12.6. The Bertz CT molecular complexity index is 536. The Morgan fingerprint density at radius 3 is 2.00 bits per heavy atom. The fraction of sp³-hybridized carbons (Fsp3) is 0.611. The van der Waals surface area contributed by atoms with Gasteiger partial charge in [-0.2, -0.15) is 13.2 Å². The molecule has 1 amide bonds. The molecule has 1 fully saturated rings.